The fourth-order valence-electron chi connectivity index (χ4n) is 5.22. The molecule has 1 aromatic carbocycles. The van der Waals surface area contributed by atoms with Crippen molar-refractivity contribution in [1.29, 1.82) is 0 Å². The Bertz CT molecular complexity index is 702. The number of benzene rings is 1. The first-order valence-corrected chi connectivity index (χ1v) is 9.81. The lowest BCUT2D eigenvalue weighted by molar-refractivity contribution is 0.0767. The van der Waals surface area contributed by atoms with Crippen molar-refractivity contribution in [2.45, 2.75) is 50.4 Å². The first kappa shape index (κ1) is 16.5. The van der Waals surface area contributed by atoms with Crippen LogP contribution in [0, 0.1) is 23.5 Å². The van der Waals surface area contributed by atoms with Gasteiger partial charge in [0.25, 0.3) is 0 Å². The van der Waals surface area contributed by atoms with Crippen molar-refractivity contribution < 1.29 is 13.5 Å². The highest BCUT2D eigenvalue weighted by atomic mass is 19.1. The fourth-order valence-corrected chi connectivity index (χ4v) is 5.22. The number of ether oxygens (including phenoxy) is 1. The van der Waals surface area contributed by atoms with Crippen LogP contribution in [-0.4, -0.2) is 48.7 Å². The van der Waals surface area contributed by atoms with E-state index in [0.29, 0.717) is 30.6 Å². The summed E-state index contributed by atoms with van der Waals surface area (Å²) >= 11 is 0. The summed E-state index contributed by atoms with van der Waals surface area (Å²) < 4.78 is 34.1. The quantitative estimate of drug-likeness (QED) is 0.664. The smallest absolute Gasteiger partial charge is 0.194 e. The van der Waals surface area contributed by atoms with Gasteiger partial charge in [-0.05, 0) is 38.3 Å². The maximum atomic E-state index is 14.0. The molecule has 6 heteroatoms. The second-order valence-corrected chi connectivity index (χ2v) is 8.05. The maximum absolute atomic E-state index is 14.0. The molecule has 140 valence electrons. The summed E-state index contributed by atoms with van der Waals surface area (Å²) in [5.74, 6) is 1.11. The number of hydrogen-bond donors (Lipinski definition) is 1. The molecule has 3 saturated heterocycles. The van der Waals surface area contributed by atoms with E-state index >= 15 is 0 Å². The Hall–Kier alpha value is -1.69. The molecule has 1 N–H and O–H groups in total. The van der Waals surface area contributed by atoms with Crippen molar-refractivity contribution >= 4 is 5.96 Å². The number of nitrogens with zero attached hydrogens (tertiary/aromatic N) is 2. The van der Waals surface area contributed by atoms with Crippen LogP contribution in [0.1, 0.15) is 37.7 Å². The van der Waals surface area contributed by atoms with Gasteiger partial charge in [-0.1, -0.05) is 6.07 Å². The van der Waals surface area contributed by atoms with Gasteiger partial charge in [-0.3, -0.25) is 4.99 Å². The summed E-state index contributed by atoms with van der Waals surface area (Å²) in [5.41, 5.74) is 0.214. The van der Waals surface area contributed by atoms with E-state index in [1.54, 1.807) is 0 Å². The molecule has 26 heavy (non-hydrogen) atoms. The number of nitrogens with one attached hydrogen (secondary N) is 1. The van der Waals surface area contributed by atoms with Crippen LogP contribution in [-0.2, 0) is 4.74 Å². The van der Waals surface area contributed by atoms with Gasteiger partial charge in [-0.2, -0.15) is 0 Å². The number of guanidine groups is 1. The van der Waals surface area contributed by atoms with Crippen molar-refractivity contribution in [3.05, 3.63) is 35.4 Å². The predicted molar refractivity (Wildman–Crippen MR) is 95.1 cm³/mol. The molecule has 5 rings (SSSR count). The number of halogens is 2. The highest BCUT2D eigenvalue weighted by molar-refractivity contribution is 5.81. The fraction of sp³-hybridized carbons (Fsp3) is 0.650. The lowest BCUT2D eigenvalue weighted by atomic mass is 9.82. The Kier molecular flexibility index (Phi) is 3.92. The van der Waals surface area contributed by atoms with Crippen LogP contribution in [0.15, 0.2) is 23.2 Å². The lowest BCUT2D eigenvalue weighted by Crippen LogP contribution is -2.42. The molecule has 0 aromatic heterocycles. The van der Waals surface area contributed by atoms with E-state index in [1.807, 2.05) is 6.92 Å². The Morgan fingerprint density at radius 1 is 1.19 bits per heavy atom. The highest BCUT2D eigenvalue weighted by Gasteiger charge is 2.54. The zero-order valence-electron chi connectivity index (χ0n) is 15.0. The molecule has 4 nitrogen and oxygen atoms in total. The van der Waals surface area contributed by atoms with Crippen molar-refractivity contribution in [1.82, 2.24) is 10.2 Å². The second-order valence-electron chi connectivity index (χ2n) is 8.05. The summed E-state index contributed by atoms with van der Waals surface area (Å²) in [6.07, 6.45) is 3.95. The number of hydrogen-bond acceptors (Lipinski definition) is 2. The molecule has 4 aliphatic rings. The van der Waals surface area contributed by atoms with Gasteiger partial charge in [0.2, 0.25) is 0 Å². The molecule has 3 aliphatic heterocycles. The number of fused-ring (bicyclic) bond motifs is 5. The van der Waals surface area contributed by atoms with Crippen LogP contribution in [0.25, 0.3) is 0 Å². The molecule has 6 atom stereocenters. The summed E-state index contributed by atoms with van der Waals surface area (Å²) in [5, 5.41) is 3.48. The van der Waals surface area contributed by atoms with Crippen molar-refractivity contribution in [3.8, 4) is 0 Å². The van der Waals surface area contributed by atoms with E-state index in [2.05, 4.69) is 15.2 Å². The number of aliphatic imine (C=N–C) groups is 1. The van der Waals surface area contributed by atoms with Crippen molar-refractivity contribution in [3.63, 3.8) is 0 Å². The normalized spacial score (nSPS) is 38.0. The maximum Gasteiger partial charge on any atom is 0.194 e. The standard InChI is InChI=1S/C20H25F2N3O/c1-2-23-20(25-9-12-13(10-25)18-7-6-17(12)26-18)24-16-8-11(16)19-14(21)4-3-5-15(19)22/h3-5,11-13,16-18H,2,6-10H2,1H3,(H,23,24). The van der Waals surface area contributed by atoms with Gasteiger partial charge in [0.15, 0.2) is 5.96 Å². The third-order valence-electron chi connectivity index (χ3n) is 6.54. The van der Waals surface area contributed by atoms with Gasteiger partial charge in [-0.15, -0.1) is 0 Å². The van der Waals surface area contributed by atoms with Crippen LogP contribution < -0.4 is 5.32 Å². The molecule has 0 amide bonds. The van der Waals surface area contributed by atoms with Gasteiger partial charge >= 0.3 is 0 Å². The molecule has 2 bridgehead atoms. The largest absolute Gasteiger partial charge is 0.374 e. The Morgan fingerprint density at radius 3 is 2.46 bits per heavy atom. The van der Waals surface area contributed by atoms with Gasteiger partial charge in [-0.25, -0.2) is 8.78 Å². The molecule has 1 aromatic rings. The van der Waals surface area contributed by atoms with Crippen LogP contribution in [0.4, 0.5) is 8.78 Å². The summed E-state index contributed by atoms with van der Waals surface area (Å²) in [4.78, 5) is 6.99. The van der Waals surface area contributed by atoms with E-state index in [4.69, 9.17) is 4.74 Å². The van der Waals surface area contributed by atoms with E-state index in [0.717, 1.165) is 25.5 Å². The average molecular weight is 361 g/mol. The minimum Gasteiger partial charge on any atom is -0.374 e. The zero-order valence-corrected chi connectivity index (χ0v) is 15.0. The SMILES string of the molecule is CCN=C(NC1CC1c1c(F)cccc1F)N1CC2C3CCC(O3)C2C1. The monoisotopic (exact) mass is 361 g/mol. The summed E-state index contributed by atoms with van der Waals surface area (Å²) in [7, 11) is 0. The second kappa shape index (κ2) is 6.19. The van der Waals surface area contributed by atoms with E-state index in [1.165, 1.54) is 31.0 Å². The third-order valence-corrected chi connectivity index (χ3v) is 6.54. The third kappa shape index (κ3) is 2.61. The molecule has 0 radical (unpaired) electrons. The van der Waals surface area contributed by atoms with E-state index in [9.17, 15) is 8.78 Å². The van der Waals surface area contributed by atoms with Crippen LogP contribution >= 0.6 is 0 Å². The first-order valence-electron chi connectivity index (χ1n) is 9.81. The zero-order chi connectivity index (χ0) is 17.8. The lowest BCUT2D eigenvalue weighted by Gasteiger charge is -2.24. The Morgan fingerprint density at radius 2 is 1.85 bits per heavy atom. The predicted octanol–water partition coefficient (Wildman–Crippen LogP) is 2.90. The average Bonchev–Trinajstić information content (AvgIpc) is 3.01. The van der Waals surface area contributed by atoms with Gasteiger partial charge in [0.05, 0.1) is 12.2 Å². The first-order chi connectivity index (χ1) is 12.7. The molecule has 3 heterocycles. The topological polar surface area (TPSA) is 36.9 Å². The molecular formula is C20H25F2N3O. The molecule has 4 fully saturated rings. The van der Waals surface area contributed by atoms with E-state index in [-0.39, 0.29) is 17.5 Å². The molecule has 1 saturated carbocycles. The van der Waals surface area contributed by atoms with Crippen LogP contribution in [0.3, 0.4) is 0 Å². The van der Waals surface area contributed by atoms with Crippen LogP contribution in [0.5, 0.6) is 0 Å². The van der Waals surface area contributed by atoms with Gasteiger partial charge < -0.3 is 15.0 Å². The minimum absolute atomic E-state index is 0.0557. The Labute approximate surface area is 152 Å². The van der Waals surface area contributed by atoms with Gasteiger partial charge in [0.1, 0.15) is 11.6 Å². The minimum atomic E-state index is -0.447. The molecule has 1 aliphatic carbocycles. The van der Waals surface area contributed by atoms with Crippen molar-refractivity contribution in [2.24, 2.45) is 16.8 Å². The highest BCUT2D eigenvalue weighted by Crippen LogP contribution is 2.47. The van der Waals surface area contributed by atoms with Crippen molar-refractivity contribution in [2.75, 3.05) is 19.6 Å². The summed E-state index contributed by atoms with van der Waals surface area (Å²) in [6, 6.07) is 4.15. The summed E-state index contributed by atoms with van der Waals surface area (Å²) in [6.45, 7) is 4.67. The molecule has 0 spiro atoms. The van der Waals surface area contributed by atoms with Gasteiger partial charge in [0, 0.05) is 49.0 Å². The van der Waals surface area contributed by atoms with E-state index < -0.39 is 11.6 Å². The molecular weight excluding hydrogens is 336 g/mol. The van der Waals surface area contributed by atoms with Crippen LogP contribution in [0.2, 0.25) is 0 Å². The Balaban J connectivity index is 1.28. The molecule has 6 unspecified atom stereocenters. The number of rotatable bonds is 3. The number of likely N-dealkylation sites (tertiary alicyclic amines) is 1.